The molecule has 0 bridgehead atoms. The van der Waals surface area contributed by atoms with Gasteiger partial charge < -0.3 is 4.74 Å². The normalized spacial score (nSPS) is 11.2. The van der Waals surface area contributed by atoms with Gasteiger partial charge in [0, 0.05) is 5.56 Å². The Balaban J connectivity index is 2.68. The van der Waals surface area contributed by atoms with Crippen LogP contribution in [0.3, 0.4) is 0 Å². The van der Waals surface area contributed by atoms with Crippen LogP contribution >= 0.6 is 11.8 Å². The van der Waals surface area contributed by atoms with E-state index in [1.54, 1.807) is 6.92 Å². The highest BCUT2D eigenvalue weighted by molar-refractivity contribution is 8.13. The van der Waals surface area contributed by atoms with Crippen molar-refractivity contribution in [3.05, 3.63) is 35.9 Å². The first-order valence-electron chi connectivity index (χ1n) is 5.07. The van der Waals surface area contributed by atoms with Crippen LogP contribution in [-0.4, -0.2) is 30.4 Å². The van der Waals surface area contributed by atoms with Crippen LogP contribution < -0.4 is 0 Å². The molecule has 0 spiro atoms. The highest BCUT2D eigenvalue weighted by Crippen LogP contribution is 2.10. The highest BCUT2D eigenvalue weighted by Gasteiger charge is 2.03. The topological polar surface area (TPSA) is 38.7 Å². The fourth-order valence-electron chi connectivity index (χ4n) is 1.20. The Labute approximate surface area is 99.9 Å². The van der Waals surface area contributed by atoms with Gasteiger partial charge in [0.05, 0.1) is 11.7 Å². The summed E-state index contributed by atoms with van der Waals surface area (Å²) in [4.78, 5) is 15.4. The average Bonchev–Trinajstić information content (AvgIpc) is 2.31. The predicted octanol–water partition coefficient (Wildman–Crippen LogP) is 2.36. The zero-order valence-corrected chi connectivity index (χ0v) is 10.3. The summed E-state index contributed by atoms with van der Waals surface area (Å²) in [6.45, 7) is 2.27. The van der Waals surface area contributed by atoms with Gasteiger partial charge in [-0.05, 0) is 13.2 Å². The predicted molar refractivity (Wildman–Crippen MR) is 68.0 cm³/mol. The number of aliphatic imine (C=N–C) groups is 1. The molecule has 3 nitrogen and oxygen atoms in total. The van der Waals surface area contributed by atoms with E-state index in [0.29, 0.717) is 6.61 Å². The second kappa shape index (κ2) is 7.06. The molecule has 0 aliphatic carbocycles. The molecule has 0 saturated carbocycles. The molecule has 16 heavy (non-hydrogen) atoms. The van der Waals surface area contributed by atoms with Crippen LogP contribution in [0.25, 0.3) is 0 Å². The number of thioether (sulfide) groups is 1. The van der Waals surface area contributed by atoms with Crippen LogP contribution in [0.2, 0.25) is 0 Å². The van der Waals surface area contributed by atoms with Crippen molar-refractivity contribution in [2.24, 2.45) is 4.99 Å². The summed E-state index contributed by atoms with van der Waals surface area (Å²) in [5, 5.41) is 0.855. The SMILES string of the molecule is CCOC(=O)C/N=C(\SC)c1ccccc1. The minimum Gasteiger partial charge on any atom is -0.465 e. The standard InChI is InChI=1S/C12H15NO2S/c1-3-15-11(14)9-13-12(16-2)10-7-5-4-6-8-10/h4-8H,3,9H2,1-2H3/b13-12-. The molecule has 1 aromatic rings. The minimum atomic E-state index is -0.287. The molecule has 0 aliphatic heterocycles. The Hall–Kier alpha value is -1.29. The van der Waals surface area contributed by atoms with E-state index in [-0.39, 0.29) is 12.5 Å². The van der Waals surface area contributed by atoms with Gasteiger partial charge >= 0.3 is 5.97 Å². The molecule has 0 unspecified atom stereocenters. The van der Waals surface area contributed by atoms with Gasteiger partial charge in [0.2, 0.25) is 0 Å². The number of carbonyl (C=O) groups excluding carboxylic acids is 1. The molecule has 0 aliphatic rings. The van der Waals surface area contributed by atoms with E-state index in [1.807, 2.05) is 36.6 Å². The first-order chi connectivity index (χ1) is 7.77. The van der Waals surface area contributed by atoms with Gasteiger partial charge in [0.1, 0.15) is 6.54 Å². The van der Waals surface area contributed by atoms with Gasteiger partial charge in [0.25, 0.3) is 0 Å². The van der Waals surface area contributed by atoms with Gasteiger partial charge in [-0.25, -0.2) is 0 Å². The number of hydrogen-bond donors (Lipinski definition) is 0. The molecular formula is C12H15NO2S. The Morgan fingerprint density at radius 2 is 2.06 bits per heavy atom. The first kappa shape index (κ1) is 12.8. The molecule has 4 heteroatoms. The minimum absolute atomic E-state index is 0.0822. The molecule has 1 rings (SSSR count). The number of benzene rings is 1. The Kier molecular flexibility index (Phi) is 5.64. The van der Waals surface area contributed by atoms with E-state index in [9.17, 15) is 4.79 Å². The van der Waals surface area contributed by atoms with Crippen LogP contribution in [0, 0.1) is 0 Å². The van der Waals surface area contributed by atoms with E-state index in [0.717, 1.165) is 10.6 Å². The molecule has 86 valence electrons. The lowest BCUT2D eigenvalue weighted by molar-refractivity contribution is -0.141. The Morgan fingerprint density at radius 1 is 1.38 bits per heavy atom. The monoisotopic (exact) mass is 237 g/mol. The molecular weight excluding hydrogens is 222 g/mol. The van der Waals surface area contributed by atoms with E-state index in [1.165, 1.54) is 11.8 Å². The number of carbonyl (C=O) groups is 1. The largest absolute Gasteiger partial charge is 0.465 e. The maximum atomic E-state index is 11.2. The summed E-state index contributed by atoms with van der Waals surface area (Å²) in [5.74, 6) is -0.287. The molecule has 0 amide bonds. The van der Waals surface area contributed by atoms with E-state index >= 15 is 0 Å². The van der Waals surface area contributed by atoms with Gasteiger partial charge in [-0.1, -0.05) is 30.3 Å². The maximum absolute atomic E-state index is 11.2. The van der Waals surface area contributed by atoms with Crippen molar-refractivity contribution in [1.29, 1.82) is 0 Å². The third kappa shape index (κ3) is 4.06. The second-order valence-electron chi connectivity index (χ2n) is 3.00. The van der Waals surface area contributed by atoms with Crippen molar-refractivity contribution in [3.63, 3.8) is 0 Å². The molecule has 0 atom stereocenters. The molecule has 0 radical (unpaired) electrons. The maximum Gasteiger partial charge on any atom is 0.327 e. The first-order valence-corrected chi connectivity index (χ1v) is 6.30. The van der Waals surface area contributed by atoms with Gasteiger partial charge in [-0.2, -0.15) is 0 Å². The fourth-order valence-corrected chi connectivity index (χ4v) is 1.76. The quantitative estimate of drug-likeness (QED) is 0.458. The van der Waals surface area contributed by atoms with Crippen LogP contribution in [-0.2, 0) is 9.53 Å². The molecule has 0 heterocycles. The van der Waals surface area contributed by atoms with Gasteiger partial charge in [-0.15, -0.1) is 11.8 Å². The summed E-state index contributed by atoms with van der Waals surface area (Å²) in [5.41, 5.74) is 1.03. The number of esters is 1. The van der Waals surface area contributed by atoms with Crippen LogP contribution in [0.1, 0.15) is 12.5 Å². The lowest BCUT2D eigenvalue weighted by Gasteiger charge is -2.03. The Bertz CT molecular complexity index is 363. The number of ether oxygens (including phenoxy) is 1. The molecule has 0 N–H and O–H groups in total. The zero-order chi connectivity index (χ0) is 11.8. The highest BCUT2D eigenvalue weighted by atomic mass is 32.2. The smallest absolute Gasteiger partial charge is 0.327 e. The lowest BCUT2D eigenvalue weighted by atomic mass is 10.2. The van der Waals surface area contributed by atoms with Crippen LogP contribution in [0.4, 0.5) is 0 Å². The van der Waals surface area contributed by atoms with Crippen LogP contribution in [0.15, 0.2) is 35.3 Å². The second-order valence-corrected chi connectivity index (χ2v) is 3.79. The zero-order valence-electron chi connectivity index (χ0n) is 9.47. The van der Waals surface area contributed by atoms with Crippen molar-refractivity contribution in [3.8, 4) is 0 Å². The number of hydrogen-bond acceptors (Lipinski definition) is 4. The van der Waals surface area contributed by atoms with Gasteiger partial charge in [-0.3, -0.25) is 9.79 Å². The number of nitrogens with zero attached hydrogens (tertiary/aromatic N) is 1. The Morgan fingerprint density at radius 3 is 2.62 bits per heavy atom. The molecule has 0 fully saturated rings. The fraction of sp³-hybridized carbons (Fsp3) is 0.333. The van der Waals surface area contributed by atoms with Crippen LogP contribution in [0.5, 0.6) is 0 Å². The lowest BCUT2D eigenvalue weighted by Crippen LogP contribution is -2.09. The molecule has 0 saturated heterocycles. The third-order valence-electron chi connectivity index (χ3n) is 1.87. The van der Waals surface area contributed by atoms with Gasteiger partial charge in [0.15, 0.2) is 0 Å². The van der Waals surface area contributed by atoms with Crippen molar-refractivity contribution >= 4 is 22.8 Å². The summed E-state index contributed by atoms with van der Waals surface area (Å²) < 4.78 is 4.82. The summed E-state index contributed by atoms with van der Waals surface area (Å²) in [6, 6.07) is 9.80. The average molecular weight is 237 g/mol. The number of rotatable bonds is 4. The summed E-state index contributed by atoms with van der Waals surface area (Å²) in [6.07, 6.45) is 1.94. The molecule has 1 aromatic carbocycles. The van der Waals surface area contributed by atoms with Crippen molar-refractivity contribution in [2.45, 2.75) is 6.92 Å². The van der Waals surface area contributed by atoms with E-state index < -0.39 is 0 Å². The summed E-state index contributed by atoms with van der Waals surface area (Å²) in [7, 11) is 0. The van der Waals surface area contributed by atoms with E-state index in [4.69, 9.17) is 4.74 Å². The van der Waals surface area contributed by atoms with Crippen molar-refractivity contribution < 1.29 is 9.53 Å². The molecule has 0 aromatic heterocycles. The van der Waals surface area contributed by atoms with Crippen molar-refractivity contribution in [2.75, 3.05) is 19.4 Å². The van der Waals surface area contributed by atoms with Crippen molar-refractivity contribution in [1.82, 2.24) is 0 Å². The third-order valence-corrected chi connectivity index (χ3v) is 2.62. The van der Waals surface area contributed by atoms with E-state index in [2.05, 4.69) is 4.99 Å². The summed E-state index contributed by atoms with van der Waals surface area (Å²) >= 11 is 1.53.